The van der Waals surface area contributed by atoms with E-state index in [4.69, 9.17) is 0 Å². The molecule has 43 heavy (non-hydrogen) atoms. The quantitative estimate of drug-likeness (QED) is 0.172. The molecule has 1 N–H and O–H groups in total. The van der Waals surface area contributed by atoms with Crippen molar-refractivity contribution in [2.45, 2.75) is 43.2 Å². The Balaban J connectivity index is 1.08. The second-order valence-corrected chi connectivity index (χ2v) is 12.4. The van der Waals surface area contributed by atoms with Gasteiger partial charge >= 0.3 is 0 Å². The van der Waals surface area contributed by atoms with Crippen molar-refractivity contribution in [2.24, 2.45) is 0 Å². The molecule has 0 saturated carbocycles. The molecule has 1 aromatic heterocycles. The highest BCUT2D eigenvalue weighted by Gasteiger charge is 2.31. The number of aromatic nitrogens is 2. The van der Waals surface area contributed by atoms with Crippen molar-refractivity contribution in [1.82, 2.24) is 24.7 Å². The number of carbonyl (C=O) groups excluding carboxylic acids is 2. The molecule has 9 heteroatoms. The number of rotatable bonds is 9. The topological polar surface area (TPSA) is 87.5 Å². The average Bonchev–Trinajstić information content (AvgIpc) is 3.02. The SMILES string of the molecule is Cc1nc2cccc(SCCCN3CCN(C(c4ccccc4)c4ccccc4)CC3)c2c(=O)n1C1CCC(=O)NC1=O. The van der Waals surface area contributed by atoms with Gasteiger partial charge in [0, 0.05) is 37.5 Å². The van der Waals surface area contributed by atoms with Gasteiger partial charge in [-0.2, -0.15) is 0 Å². The molecule has 3 heterocycles. The molecule has 222 valence electrons. The molecule has 2 fully saturated rings. The predicted octanol–water partition coefficient (Wildman–Crippen LogP) is 4.57. The monoisotopic (exact) mass is 595 g/mol. The highest BCUT2D eigenvalue weighted by Crippen LogP contribution is 2.30. The van der Waals surface area contributed by atoms with Gasteiger partial charge in [-0.05, 0) is 55.3 Å². The Labute approximate surface area is 256 Å². The summed E-state index contributed by atoms with van der Waals surface area (Å²) in [4.78, 5) is 48.6. The van der Waals surface area contributed by atoms with Crippen LogP contribution in [0.15, 0.2) is 88.6 Å². The number of aryl methyl sites for hydroxylation is 1. The molecule has 6 rings (SSSR count). The van der Waals surface area contributed by atoms with Crippen LogP contribution in [-0.2, 0) is 9.59 Å². The number of hydrogen-bond acceptors (Lipinski definition) is 7. The Morgan fingerprint density at radius 1 is 0.884 bits per heavy atom. The lowest BCUT2D eigenvalue weighted by Crippen LogP contribution is -2.48. The molecule has 0 bridgehead atoms. The van der Waals surface area contributed by atoms with Gasteiger partial charge < -0.3 is 4.90 Å². The van der Waals surface area contributed by atoms with Crippen LogP contribution in [0.25, 0.3) is 10.9 Å². The van der Waals surface area contributed by atoms with E-state index >= 15 is 0 Å². The van der Waals surface area contributed by atoms with Gasteiger partial charge in [0.05, 0.1) is 16.9 Å². The molecular weight excluding hydrogens is 558 g/mol. The summed E-state index contributed by atoms with van der Waals surface area (Å²) in [6.07, 6.45) is 1.52. The molecule has 1 unspecified atom stereocenters. The standard InChI is InChI=1S/C34H37N5O3S/c1-24-35-27-14-8-15-29(31(27)34(42)39(24)28-16-17-30(40)36-33(28)41)43-23-9-18-37-19-21-38(22-20-37)32(25-10-4-2-5-11-25)26-12-6-3-7-13-26/h2-8,10-15,28,32H,9,16-23H2,1H3,(H,36,40,41). The van der Waals surface area contributed by atoms with Gasteiger partial charge in [0.1, 0.15) is 11.9 Å². The summed E-state index contributed by atoms with van der Waals surface area (Å²) in [5.41, 5.74) is 3.08. The number of thioether (sulfide) groups is 1. The first-order valence-corrected chi connectivity index (χ1v) is 16.0. The van der Waals surface area contributed by atoms with E-state index in [0.29, 0.717) is 23.1 Å². The molecular formula is C34H37N5O3S. The van der Waals surface area contributed by atoms with Crippen LogP contribution >= 0.6 is 11.8 Å². The zero-order valence-electron chi connectivity index (χ0n) is 24.4. The molecule has 3 aromatic carbocycles. The predicted molar refractivity (Wildman–Crippen MR) is 170 cm³/mol. The van der Waals surface area contributed by atoms with Crippen molar-refractivity contribution in [3.05, 3.63) is 106 Å². The maximum absolute atomic E-state index is 13.7. The minimum Gasteiger partial charge on any atom is -0.301 e. The van der Waals surface area contributed by atoms with E-state index in [9.17, 15) is 14.4 Å². The van der Waals surface area contributed by atoms with Crippen molar-refractivity contribution in [3.63, 3.8) is 0 Å². The number of imide groups is 1. The number of nitrogens with zero attached hydrogens (tertiary/aromatic N) is 4. The maximum atomic E-state index is 13.7. The lowest BCUT2D eigenvalue weighted by Gasteiger charge is -2.39. The van der Waals surface area contributed by atoms with Crippen LogP contribution in [0.2, 0.25) is 0 Å². The minimum atomic E-state index is -0.720. The van der Waals surface area contributed by atoms with Crippen LogP contribution in [0.5, 0.6) is 0 Å². The van der Waals surface area contributed by atoms with Crippen LogP contribution in [-0.4, -0.2) is 69.6 Å². The lowest BCUT2D eigenvalue weighted by atomic mass is 9.96. The van der Waals surface area contributed by atoms with Gasteiger partial charge in [-0.15, -0.1) is 11.8 Å². The fourth-order valence-corrected chi connectivity index (χ4v) is 7.34. The van der Waals surface area contributed by atoms with Gasteiger partial charge in [0.25, 0.3) is 5.56 Å². The maximum Gasteiger partial charge on any atom is 0.263 e. The number of hydrogen-bond donors (Lipinski definition) is 1. The molecule has 8 nitrogen and oxygen atoms in total. The van der Waals surface area contributed by atoms with Gasteiger partial charge in [-0.1, -0.05) is 66.7 Å². The second kappa shape index (κ2) is 13.2. The van der Waals surface area contributed by atoms with Crippen molar-refractivity contribution in [1.29, 1.82) is 0 Å². The first-order chi connectivity index (χ1) is 21.0. The van der Waals surface area contributed by atoms with Crippen LogP contribution in [0.1, 0.15) is 48.3 Å². The average molecular weight is 596 g/mol. The molecule has 0 aliphatic carbocycles. The minimum absolute atomic E-state index is 0.212. The molecule has 4 aromatic rings. The first kappa shape index (κ1) is 29.3. The smallest absolute Gasteiger partial charge is 0.263 e. The van der Waals surface area contributed by atoms with E-state index in [1.807, 2.05) is 18.2 Å². The number of fused-ring (bicyclic) bond motifs is 1. The summed E-state index contributed by atoms with van der Waals surface area (Å²) in [6, 6.07) is 26.8. The third-order valence-corrected chi connectivity index (χ3v) is 9.61. The number of piperazine rings is 1. The Kier molecular flexibility index (Phi) is 9.02. The number of amides is 2. The van der Waals surface area contributed by atoms with Crippen molar-refractivity contribution >= 4 is 34.5 Å². The first-order valence-electron chi connectivity index (χ1n) is 15.0. The number of piperidine rings is 1. The van der Waals surface area contributed by atoms with Crippen molar-refractivity contribution < 1.29 is 9.59 Å². The molecule has 0 spiro atoms. The molecule has 2 amide bonds. The third kappa shape index (κ3) is 6.44. The van der Waals surface area contributed by atoms with Gasteiger partial charge in [0.15, 0.2) is 0 Å². The third-order valence-electron chi connectivity index (χ3n) is 8.47. The molecule has 2 saturated heterocycles. The van der Waals surface area contributed by atoms with Gasteiger partial charge in [-0.25, -0.2) is 4.98 Å². The summed E-state index contributed by atoms with van der Waals surface area (Å²) >= 11 is 1.67. The van der Waals surface area contributed by atoms with E-state index in [1.54, 1.807) is 18.7 Å². The Hall–Kier alpha value is -3.79. The highest BCUT2D eigenvalue weighted by molar-refractivity contribution is 7.99. The molecule has 2 aliphatic heterocycles. The van der Waals surface area contributed by atoms with E-state index < -0.39 is 11.9 Å². The van der Waals surface area contributed by atoms with Crippen LogP contribution in [0, 0.1) is 6.92 Å². The number of carbonyl (C=O) groups is 2. The zero-order valence-corrected chi connectivity index (χ0v) is 25.3. The largest absolute Gasteiger partial charge is 0.301 e. The van der Waals surface area contributed by atoms with Crippen molar-refractivity contribution in [2.75, 3.05) is 38.5 Å². The summed E-state index contributed by atoms with van der Waals surface area (Å²) < 4.78 is 1.46. The number of benzene rings is 3. The molecule has 2 aliphatic rings. The fraction of sp³-hybridized carbons (Fsp3) is 0.353. The zero-order chi connectivity index (χ0) is 29.8. The lowest BCUT2D eigenvalue weighted by molar-refractivity contribution is -0.135. The van der Waals surface area contributed by atoms with Crippen LogP contribution < -0.4 is 10.9 Å². The Bertz CT molecular complexity index is 1610. The highest BCUT2D eigenvalue weighted by atomic mass is 32.2. The van der Waals surface area contributed by atoms with Crippen LogP contribution in [0.3, 0.4) is 0 Å². The van der Waals surface area contributed by atoms with Crippen LogP contribution in [0.4, 0.5) is 0 Å². The van der Waals surface area contributed by atoms with Crippen molar-refractivity contribution in [3.8, 4) is 0 Å². The fourth-order valence-electron chi connectivity index (χ4n) is 6.34. The Morgan fingerprint density at radius 2 is 1.56 bits per heavy atom. The summed E-state index contributed by atoms with van der Waals surface area (Å²) in [6.45, 7) is 6.81. The van der Waals surface area contributed by atoms with Gasteiger partial charge in [-0.3, -0.25) is 29.2 Å². The second-order valence-electron chi connectivity index (χ2n) is 11.3. The number of nitrogens with one attached hydrogen (secondary N) is 1. The molecule has 1 atom stereocenters. The summed E-state index contributed by atoms with van der Waals surface area (Å²) in [5, 5.41) is 2.91. The summed E-state index contributed by atoms with van der Waals surface area (Å²) in [5.74, 6) is 0.620. The van der Waals surface area contributed by atoms with E-state index in [1.165, 1.54) is 15.7 Å². The van der Waals surface area contributed by atoms with E-state index in [2.05, 4.69) is 80.8 Å². The normalized spacial score (nSPS) is 18.3. The molecule has 0 radical (unpaired) electrons. The Morgan fingerprint density at radius 3 is 2.21 bits per heavy atom. The summed E-state index contributed by atoms with van der Waals surface area (Å²) in [7, 11) is 0. The van der Waals surface area contributed by atoms with Gasteiger partial charge in [0.2, 0.25) is 11.8 Å². The van der Waals surface area contributed by atoms with E-state index in [-0.39, 0.29) is 23.9 Å². The van der Waals surface area contributed by atoms with E-state index in [0.717, 1.165) is 49.8 Å².